The maximum atomic E-state index is 11.7. The normalized spacial score (nSPS) is 14.1. The number of ether oxygens (including phenoxy) is 3. The molecule has 2 N–H and O–H groups in total. The van der Waals surface area contributed by atoms with Gasteiger partial charge in [-0.05, 0) is 56.9 Å². The van der Waals surface area contributed by atoms with Gasteiger partial charge in [-0.2, -0.15) is 0 Å². The summed E-state index contributed by atoms with van der Waals surface area (Å²) in [6.45, 7) is 8.42. The predicted octanol–water partition coefficient (Wildman–Crippen LogP) is 2.55. The largest absolute Gasteiger partial charge is 0.493 e. The van der Waals surface area contributed by atoms with Crippen molar-refractivity contribution in [3.05, 3.63) is 23.3 Å². The van der Waals surface area contributed by atoms with Gasteiger partial charge in [0.15, 0.2) is 17.5 Å². The standard InChI is InChI=1S/C21H34N4O4/c1-21(2,3)29-20(26)24-10-7-9-23-19(22-4)25-11-8-15-12-17(27-5)18(28-6)13-16(15)14-25/h12-13H,7-11,14H2,1-6H3,(H,22,23)(H,24,26). The Morgan fingerprint density at radius 3 is 2.31 bits per heavy atom. The third-order valence-corrected chi connectivity index (χ3v) is 4.53. The number of alkyl carbamates (subject to hydrolysis) is 1. The number of benzene rings is 1. The molecule has 2 rings (SSSR count). The molecule has 0 radical (unpaired) electrons. The van der Waals surface area contributed by atoms with Crippen LogP contribution in [-0.2, 0) is 17.7 Å². The van der Waals surface area contributed by atoms with Gasteiger partial charge in [0.1, 0.15) is 5.60 Å². The maximum absolute atomic E-state index is 11.7. The number of nitrogens with one attached hydrogen (secondary N) is 2. The van der Waals surface area contributed by atoms with E-state index in [1.165, 1.54) is 11.1 Å². The fourth-order valence-electron chi connectivity index (χ4n) is 3.19. The van der Waals surface area contributed by atoms with Gasteiger partial charge in [-0.15, -0.1) is 0 Å². The van der Waals surface area contributed by atoms with E-state index in [1.54, 1.807) is 21.3 Å². The zero-order valence-electron chi connectivity index (χ0n) is 18.4. The van der Waals surface area contributed by atoms with Crippen LogP contribution in [-0.4, -0.2) is 63.5 Å². The number of carbonyl (C=O) groups is 1. The second kappa shape index (κ2) is 10.2. The molecule has 8 heteroatoms. The summed E-state index contributed by atoms with van der Waals surface area (Å²) in [6.07, 6.45) is 1.29. The predicted molar refractivity (Wildman–Crippen MR) is 114 cm³/mol. The van der Waals surface area contributed by atoms with Gasteiger partial charge >= 0.3 is 6.09 Å². The first-order valence-electron chi connectivity index (χ1n) is 9.93. The molecule has 0 aromatic heterocycles. The molecule has 0 bridgehead atoms. The number of nitrogens with zero attached hydrogens (tertiary/aromatic N) is 2. The Kier molecular flexibility index (Phi) is 7.99. The van der Waals surface area contributed by atoms with Crippen molar-refractivity contribution in [2.45, 2.75) is 45.8 Å². The van der Waals surface area contributed by atoms with E-state index in [2.05, 4.69) is 26.6 Å². The van der Waals surface area contributed by atoms with Gasteiger partial charge < -0.3 is 29.7 Å². The SMILES string of the molecule is CN=C(NCCCNC(=O)OC(C)(C)C)N1CCc2cc(OC)c(OC)cc2C1. The number of hydrogen-bond acceptors (Lipinski definition) is 5. The van der Waals surface area contributed by atoms with Crippen molar-refractivity contribution < 1.29 is 19.0 Å². The van der Waals surface area contributed by atoms with E-state index in [0.29, 0.717) is 13.1 Å². The lowest BCUT2D eigenvalue weighted by atomic mass is 9.99. The summed E-state index contributed by atoms with van der Waals surface area (Å²) in [7, 11) is 5.09. The molecule has 0 fully saturated rings. The molecule has 29 heavy (non-hydrogen) atoms. The molecule has 0 atom stereocenters. The molecule has 0 spiro atoms. The number of carbonyl (C=O) groups excluding carboxylic acids is 1. The summed E-state index contributed by atoms with van der Waals surface area (Å²) < 4.78 is 16.1. The van der Waals surface area contributed by atoms with Gasteiger partial charge in [-0.25, -0.2) is 4.79 Å². The monoisotopic (exact) mass is 406 g/mol. The molecule has 0 saturated heterocycles. The Morgan fingerprint density at radius 2 is 1.72 bits per heavy atom. The van der Waals surface area contributed by atoms with Crippen LogP contribution < -0.4 is 20.1 Å². The zero-order valence-corrected chi connectivity index (χ0v) is 18.4. The number of aliphatic imine (C=N–C) groups is 1. The molecule has 0 aliphatic carbocycles. The van der Waals surface area contributed by atoms with Crippen molar-refractivity contribution in [1.29, 1.82) is 0 Å². The molecule has 1 aliphatic rings. The molecule has 0 unspecified atom stereocenters. The average molecular weight is 407 g/mol. The summed E-state index contributed by atoms with van der Waals surface area (Å²) in [5.74, 6) is 2.35. The smallest absolute Gasteiger partial charge is 0.407 e. The van der Waals surface area contributed by atoms with Crippen molar-refractivity contribution >= 4 is 12.1 Å². The molecular weight excluding hydrogens is 372 g/mol. The van der Waals surface area contributed by atoms with E-state index in [-0.39, 0.29) is 6.09 Å². The van der Waals surface area contributed by atoms with Crippen LogP contribution in [0.15, 0.2) is 17.1 Å². The lowest BCUT2D eigenvalue weighted by Crippen LogP contribution is -2.44. The number of hydrogen-bond donors (Lipinski definition) is 2. The lowest BCUT2D eigenvalue weighted by Gasteiger charge is -2.32. The van der Waals surface area contributed by atoms with Crippen LogP contribution >= 0.6 is 0 Å². The van der Waals surface area contributed by atoms with Crippen LogP contribution in [0.25, 0.3) is 0 Å². The number of guanidine groups is 1. The maximum Gasteiger partial charge on any atom is 0.407 e. The van der Waals surface area contributed by atoms with Crippen LogP contribution in [0.1, 0.15) is 38.3 Å². The fourth-order valence-corrected chi connectivity index (χ4v) is 3.19. The molecular formula is C21H34N4O4. The van der Waals surface area contributed by atoms with E-state index in [4.69, 9.17) is 14.2 Å². The van der Waals surface area contributed by atoms with Gasteiger partial charge in [0, 0.05) is 33.2 Å². The molecule has 162 valence electrons. The highest BCUT2D eigenvalue weighted by atomic mass is 16.6. The second-order valence-corrected chi connectivity index (χ2v) is 7.90. The molecule has 1 aromatic rings. The zero-order chi connectivity index (χ0) is 21.4. The Balaban J connectivity index is 1.83. The van der Waals surface area contributed by atoms with Gasteiger partial charge in [-0.3, -0.25) is 4.99 Å². The molecule has 0 saturated carbocycles. The van der Waals surface area contributed by atoms with Gasteiger partial charge in [0.2, 0.25) is 0 Å². The Morgan fingerprint density at radius 1 is 1.10 bits per heavy atom. The summed E-state index contributed by atoms with van der Waals surface area (Å²) in [6, 6.07) is 4.10. The molecule has 1 heterocycles. The number of fused-ring (bicyclic) bond motifs is 1. The highest BCUT2D eigenvalue weighted by Crippen LogP contribution is 2.33. The van der Waals surface area contributed by atoms with Crippen LogP contribution in [0.2, 0.25) is 0 Å². The van der Waals surface area contributed by atoms with Crippen molar-refractivity contribution in [2.75, 3.05) is 40.9 Å². The topological polar surface area (TPSA) is 84.4 Å². The minimum Gasteiger partial charge on any atom is -0.493 e. The minimum absolute atomic E-state index is 0.390. The number of methoxy groups -OCH3 is 2. The first-order chi connectivity index (χ1) is 13.8. The van der Waals surface area contributed by atoms with Crippen LogP contribution in [0.5, 0.6) is 11.5 Å². The first kappa shape index (κ1) is 22.6. The summed E-state index contributed by atoms with van der Waals surface area (Å²) in [5.41, 5.74) is 2.00. The Bertz CT molecular complexity index is 728. The van der Waals surface area contributed by atoms with Gasteiger partial charge in [-0.1, -0.05) is 0 Å². The third kappa shape index (κ3) is 6.73. The van der Waals surface area contributed by atoms with E-state index < -0.39 is 5.60 Å². The highest BCUT2D eigenvalue weighted by Gasteiger charge is 2.21. The van der Waals surface area contributed by atoms with Crippen molar-refractivity contribution in [3.63, 3.8) is 0 Å². The first-order valence-corrected chi connectivity index (χ1v) is 9.93. The van der Waals surface area contributed by atoms with E-state index >= 15 is 0 Å². The van der Waals surface area contributed by atoms with Crippen molar-refractivity contribution in [1.82, 2.24) is 15.5 Å². The van der Waals surface area contributed by atoms with Crippen LogP contribution in [0.3, 0.4) is 0 Å². The van der Waals surface area contributed by atoms with Crippen LogP contribution in [0, 0.1) is 0 Å². The molecule has 1 amide bonds. The van der Waals surface area contributed by atoms with E-state index in [1.807, 2.05) is 26.8 Å². The molecule has 1 aromatic carbocycles. The summed E-state index contributed by atoms with van der Waals surface area (Å²) >= 11 is 0. The second-order valence-electron chi connectivity index (χ2n) is 7.90. The highest BCUT2D eigenvalue weighted by molar-refractivity contribution is 5.80. The molecule has 1 aliphatic heterocycles. The number of rotatable bonds is 6. The van der Waals surface area contributed by atoms with Gasteiger partial charge in [0.05, 0.1) is 14.2 Å². The average Bonchev–Trinajstić information content (AvgIpc) is 2.67. The number of amides is 1. The van der Waals surface area contributed by atoms with Crippen molar-refractivity contribution in [3.8, 4) is 11.5 Å². The van der Waals surface area contributed by atoms with Gasteiger partial charge in [0.25, 0.3) is 0 Å². The molecule has 8 nitrogen and oxygen atoms in total. The third-order valence-electron chi connectivity index (χ3n) is 4.53. The lowest BCUT2D eigenvalue weighted by molar-refractivity contribution is 0.0527. The summed E-state index contributed by atoms with van der Waals surface area (Å²) in [5, 5.41) is 6.14. The summed E-state index contributed by atoms with van der Waals surface area (Å²) in [4.78, 5) is 18.3. The van der Waals surface area contributed by atoms with E-state index in [0.717, 1.165) is 43.4 Å². The van der Waals surface area contributed by atoms with Crippen molar-refractivity contribution in [2.24, 2.45) is 4.99 Å². The van der Waals surface area contributed by atoms with Crippen LogP contribution in [0.4, 0.5) is 4.79 Å². The fraction of sp³-hybridized carbons (Fsp3) is 0.619. The minimum atomic E-state index is -0.484. The quantitative estimate of drug-likeness (QED) is 0.429. The Hall–Kier alpha value is -2.64. The van der Waals surface area contributed by atoms with E-state index in [9.17, 15) is 4.79 Å². The Labute approximate surface area is 173 Å².